The van der Waals surface area contributed by atoms with Crippen LogP contribution in [-0.4, -0.2) is 4.98 Å². The highest BCUT2D eigenvalue weighted by Crippen LogP contribution is 2.22. The Labute approximate surface area is 84.7 Å². The minimum absolute atomic E-state index is 0.212. The number of nitrogen functional groups attached to an aromatic ring is 1. The van der Waals surface area contributed by atoms with Gasteiger partial charge in [0, 0.05) is 22.7 Å². The van der Waals surface area contributed by atoms with Gasteiger partial charge in [-0.1, -0.05) is 11.6 Å². The van der Waals surface area contributed by atoms with Crippen molar-refractivity contribution >= 4 is 28.2 Å². The number of hydrogen-bond donors (Lipinski definition) is 3. The number of fused-ring (bicyclic) bond motifs is 1. The van der Waals surface area contributed by atoms with Gasteiger partial charge in [0.1, 0.15) is 0 Å². The first-order valence-corrected chi connectivity index (χ1v) is 4.38. The van der Waals surface area contributed by atoms with E-state index in [-0.39, 0.29) is 5.56 Å². The van der Waals surface area contributed by atoms with Gasteiger partial charge in [-0.05, 0) is 18.2 Å². The molecule has 0 saturated carbocycles. The van der Waals surface area contributed by atoms with Gasteiger partial charge in [0.05, 0.1) is 5.02 Å². The highest BCUT2D eigenvalue weighted by Gasteiger charge is 2.01. The third-order valence-electron chi connectivity index (χ3n) is 1.96. The Bertz CT molecular complexity index is 535. The van der Waals surface area contributed by atoms with Crippen molar-refractivity contribution in [3.63, 3.8) is 0 Å². The Balaban J connectivity index is 2.82. The molecule has 5 heteroatoms. The summed E-state index contributed by atoms with van der Waals surface area (Å²) in [6.45, 7) is 0. The number of nitrogens with two attached hydrogens (primary N) is 1. The van der Waals surface area contributed by atoms with E-state index in [1.807, 2.05) is 0 Å². The molecule has 4 nitrogen and oxygen atoms in total. The van der Waals surface area contributed by atoms with Crippen molar-refractivity contribution in [2.75, 3.05) is 5.43 Å². The Morgan fingerprint density at radius 3 is 2.86 bits per heavy atom. The van der Waals surface area contributed by atoms with Crippen LogP contribution in [0, 0.1) is 0 Å². The molecule has 0 atom stereocenters. The number of aromatic amines is 1. The van der Waals surface area contributed by atoms with Crippen molar-refractivity contribution in [1.82, 2.24) is 4.98 Å². The molecule has 1 aromatic heterocycles. The zero-order valence-electron chi connectivity index (χ0n) is 7.17. The number of hydrogen-bond acceptors (Lipinski definition) is 3. The van der Waals surface area contributed by atoms with E-state index in [2.05, 4.69) is 10.4 Å². The summed E-state index contributed by atoms with van der Waals surface area (Å²) in [6, 6.07) is 6.62. The van der Waals surface area contributed by atoms with E-state index < -0.39 is 0 Å². The lowest BCUT2D eigenvalue weighted by Crippen LogP contribution is -2.07. The van der Waals surface area contributed by atoms with Crippen LogP contribution in [0.15, 0.2) is 29.1 Å². The first kappa shape index (κ1) is 9.05. The average Bonchev–Trinajstić information content (AvgIpc) is 2.17. The third-order valence-corrected chi connectivity index (χ3v) is 2.27. The van der Waals surface area contributed by atoms with Crippen molar-refractivity contribution in [2.24, 2.45) is 5.84 Å². The van der Waals surface area contributed by atoms with Gasteiger partial charge in [-0.25, -0.2) is 0 Å². The van der Waals surface area contributed by atoms with E-state index in [9.17, 15) is 4.79 Å². The monoisotopic (exact) mass is 209 g/mol. The van der Waals surface area contributed by atoms with Crippen molar-refractivity contribution < 1.29 is 0 Å². The lowest BCUT2D eigenvalue weighted by Gasteiger charge is -2.03. The van der Waals surface area contributed by atoms with E-state index in [1.54, 1.807) is 18.2 Å². The molecule has 0 fully saturated rings. The molecule has 72 valence electrons. The second kappa shape index (κ2) is 3.32. The summed E-state index contributed by atoms with van der Waals surface area (Å²) in [6.07, 6.45) is 0. The van der Waals surface area contributed by atoms with E-state index >= 15 is 0 Å². The van der Waals surface area contributed by atoms with Gasteiger partial charge >= 0.3 is 0 Å². The van der Waals surface area contributed by atoms with Crippen LogP contribution in [0.4, 0.5) is 5.69 Å². The van der Waals surface area contributed by atoms with Gasteiger partial charge in [-0.15, -0.1) is 0 Å². The zero-order chi connectivity index (χ0) is 10.1. The maximum atomic E-state index is 11.1. The van der Waals surface area contributed by atoms with Crippen molar-refractivity contribution in [1.29, 1.82) is 0 Å². The smallest absolute Gasteiger partial charge is 0.249 e. The largest absolute Gasteiger partial charge is 0.324 e. The highest BCUT2D eigenvalue weighted by atomic mass is 35.5. The summed E-state index contributed by atoms with van der Waals surface area (Å²) in [5, 5.41) is 1.18. The van der Waals surface area contributed by atoms with Crippen molar-refractivity contribution in [3.05, 3.63) is 39.6 Å². The number of pyridine rings is 1. The fraction of sp³-hybridized carbons (Fsp3) is 0. The minimum Gasteiger partial charge on any atom is -0.324 e. The minimum atomic E-state index is -0.212. The molecule has 1 aromatic carbocycles. The van der Waals surface area contributed by atoms with Gasteiger partial charge < -0.3 is 10.4 Å². The molecule has 0 radical (unpaired) electrons. The van der Waals surface area contributed by atoms with Gasteiger partial charge in [0.2, 0.25) is 5.56 Å². The normalized spacial score (nSPS) is 10.4. The predicted molar refractivity (Wildman–Crippen MR) is 57.4 cm³/mol. The Morgan fingerprint density at radius 2 is 2.14 bits per heavy atom. The van der Waals surface area contributed by atoms with E-state index in [4.69, 9.17) is 17.4 Å². The summed E-state index contributed by atoms with van der Waals surface area (Å²) >= 11 is 5.90. The van der Waals surface area contributed by atoms with E-state index in [0.717, 1.165) is 11.1 Å². The summed E-state index contributed by atoms with van der Waals surface area (Å²) in [5.41, 5.74) is 3.74. The molecular formula is C9H8ClN3O. The Kier molecular flexibility index (Phi) is 2.15. The molecule has 2 rings (SSSR count). The molecule has 4 N–H and O–H groups in total. The number of nitrogens with one attached hydrogen (secondary N) is 2. The fourth-order valence-corrected chi connectivity index (χ4v) is 1.56. The van der Waals surface area contributed by atoms with Crippen LogP contribution in [-0.2, 0) is 0 Å². The standard InChI is InChI=1S/C9H8ClN3O/c10-7-4-9(14)12-8-2-1-5(13-11)3-6(7)8/h1-4,13H,11H2,(H,12,14). The summed E-state index contributed by atoms with van der Waals surface area (Å²) in [4.78, 5) is 13.8. The van der Waals surface area contributed by atoms with Crippen molar-refractivity contribution in [3.8, 4) is 0 Å². The van der Waals surface area contributed by atoms with Crippen LogP contribution in [0.1, 0.15) is 0 Å². The molecule has 0 unspecified atom stereocenters. The number of aromatic nitrogens is 1. The molecule has 0 aliphatic carbocycles. The van der Waals surface area contributed by atoms with Crippen LogP contribution in [0.25, 0.3) is 10.9 Å². The first-order chi connectivity index (χ1) is 6.70. The summed E-state index contributed by atoms with van der Waals surface area (Å²) in [7, 11) is 0. The number of H-pyrrole nitrogens is 1. The van der Waals surface area contributed by atoms with Gasteiger partial charge in [-0.3, -0.25) is 10.6 Å². The molecule has 0 amide bonds. The fourth-order valence-electron chi connectivity index (χ4n) is 1.30. The predicted octanol–water partition coefficient (Wildman–Crippen LogP) is 1.47. The summed E-state index contributed by atoms with van der Waals surface area (Å²) in [5.74, 6) is 5.26. The van der Waals surface area contributed by atoms with E-state index in [1.165, 1.54) is 6.07 Å². The van der Waals surface area contributed by atoms with Crippen LogP contribution in [0.2, 0.25) is 5.02 Å². The molecule has 1 heterocycles. The number of anilines is 1. The molecule has 2 aromatic rings. The number of rotatable bonds is 1. The maximum Gasteiger partial charge on any atom is 0.249 e. The van der Waals surface area contributed by atoms with Crippen LogP contribution in [0.3, 0.4) is 0 Å². The second-order valence-electron chi connectivity index (χ2n) is 2.89. The number of halogens is 1. The molecule has 0 saturated heterocycles. The third kappa shape index (κ3) is 1.45. The SMILES string of the molecule is NNc1ccc2[nH]c(=O)cc(Cl)c2c1. The van der Waals surface area contributed by atoms with Crippen LogP contribution in [0.5, 0.6) is 0 Å². The quantitative estimate of drug-likeness (QED) is 0.492. The average molecular weight is 210 g/mol. The van der Waals surface area contributed by atoms with Crippen molar-refractivity contribution in [2.45, 2.75) is 0 Å². The zero-order valence-corrected chi connectivity index (χ0v) is 7.93. The molecule has 0 bridgehead atoms. The van der Waals surface area contributed by atoms with E-state index in [0.29, 0.717) is 10.5 Å². The molecule has 0 spiro atoms. The lowest BCUT2D eigenvalue weighted by molar-refractivity contribution is 1.30. The van der Waals surface area contributed by atoms with Crippen LogP contribution >= 0.6 is 11.6 Å². The topological polar surface area (TPSA) is 70.9 Å². The van der Waals surface area contributed by atoms with Gasteiger partial charge in [0.15, 0.2) is 0 Å². The number of hydrazine groups is 1. The summed E-state index contributed by atoms with van der Waals surface area (Å²) < 4.78 is 0. The Hall–Kier alpha value is -1.52. The van der Waals surface area contributed by atoms with Crippen LogP contribution < -0.4 is 16.8 Å². The molecule has 0 aliphatic rings. The molecule has 0 aliphatic heterocycles. The highest BCUT2D eigenvalue weighted by molar-refractivity contribution is 6.35. The van der Waals surface area contributed by atoms with Gasteiger partial charge in [0.25, 0.3) is 0 Å². The second-order valence-corrected chi connectivity index (χ2v) is 3.29. The maximum absolute atomic E-state index is 11.1. The molecular weight excluding hydrogens is 202 g/mol. The molecule has 14 heavy (non-hydrogen) atoms. The lowest BCUT2D eigenvalue weighted by atomic mass is 10.2. The van der Waals surface area contributed by atoms with Gasteiger partial charge in [-0.2, -0.15) is 0 Å². The number of benzene rings is 1. The Morgan fingerprint density at radius 1 is 1.36 bits per heavy atom. The first-order valence-electron chi connectivity index (χ1n) is 4.00.